The van der Waals surface area contributed by atoms with Gasteiger partial charge in [-0.25, -0.2) is 12.7 Å². The number of anilines is 1. The molecule has 0 aromatic heterocycles. The van der Waals surface area contributed by atoms with Crippen molar-refractivity contribution in [2.45, 2.75) is 17.7 Å². The summed E-state index contributed by atoms with van der Waals surface area (Å²) < 4.78 is 30.8. The average Bonchev–Trinajstić information content (AvgIpc) is 2.99. The van der Waals surface area contributed by atoms with E-state index < -0.39 is 10.0 Å². The highest BCUT2D eigenvalue weighted by molar-refractivity contribution is 7.89. The lowest BCUT2D eigenvalue weighted by Gasteiger charge is -2.17. The van der Waals surface area contributed by atoms with Crippen LogP contribution in [0.3, 0.4) is 0 Å². The summed E-state index contributed by atoms with van der Waals surface area (Å²) in [4.78, 5) is 14.3. The van der Waals surface area contributed by atoms with Crippen LogP contribution in [-0.4, -0.2) is 64.4 Å². The van der Waals surface area contributed by atoms with Crippen molar-refractivity contribution in [2.75, 3.05) is 46.2 Å². The second-order valence-corrected chi connectivity index (χ2v) is 7.83. The molecule has 1 heterocycles. The van der Waals surface area contributed by atoms with Crippen LogP contribution in [0.5, 0.6) is 5.75 Å². The number of ether oxygens (including phenoxy) is 1. The number of carbonyl (C=O) groups is 1. The third-order valence-electron chi connectivity index (χ3n) is 3.79. The molecule has 0 spiro atoms. The van der Waals surface area contributed by atoms with Crippen LogP contribution in [-0.2, 0) is 14.8 Å². The van der Waals surface area contributed by atoms with Gasteiger partial charge in [-0.2, -0.15) is 0 Å². The van der Waals surface area contributed by atoms with Crippen molar-refractivity contribution in [1.29, 1.82) is 0 Å². The lowest BCUT2D eigenvalue weighted by molar-refractivity contribution is -0.117. The normalized spacial score (nSPS) is 15.8. The molecule has 1 aromatic carbocycles. The third-order valence-corrected chi connectivity index (χ3v) is 5.60. The summed E-state index contributed by atoms with van der Waals surface area (Å²) in [5, 5.41) is 2.75. The summed E-state index contributed by atoms with van der Waals surface area (Å²) in [5.74, 6) is 0.252. The van der Waals surface area contributed by atoms with Crippen LogP contribution in [0.2, 0.25) is 0 Å². The van der Waals surface area contributed by atoms with Crippen LogP contribution in [0.25, 0.3) is 0 Å². The fraction of sp³-hybridized carbons (Fsp3) is 0.533. The highest BCUT2D eigenvalue weighted by Gasteiger charge is 2.21. The summed E-state index contributed by atoms with van der Waals surface area (Å²) in [6.45, 7) is 2.13. The molecule has 0 aliphatic carbocycles. The molecule has 23 heavy (non-hydrogen) atoms. The van der Waals surface area contributed by atoms with Crippen LogP contribution in [0.4, 0.5) is 5.69 Å². The van der Waals surface area contributed by atoms with Gasteiger partial charge in [0.25, 0.3) is 0 Å². The predicted octanol–water partition coefficient (Wildman–Crippen LogP) is 0.980. The molecule has 7 nitrogen and oxygen atoms in total. The summed E-state index contributed by atoms with van der Waals surface area (Å²) in [7, 11) is 0.838. The Kier molecular flexibility index (Phi) is 5.61. The van der Waals surface area contributed by atoms with Crippen molar-refractivity contribution < 1.29 is 17.9 Å². The number of benzene rings is 1. The molecule has 1 saturated heterocycles. The Morgan fingerprint density at radius 1 is 1.30 bits per heavy atom. The number of nitrogens with zero attached hydrogens (tertiary/aromatic N) is 2. The molecule has 1 aliphatic rings. The van der Waals surface area contributed by atoms with Gasteiger partial charge in [-0.15, -0.1) is 0 Å². The van der Waals surface area contributed by atoms with E-state index in [0.29, 0.717) is 18.0 Å². The van der Waals surface area contributed by atoms with Crippen molar-refractivity contribution in [1.82, 2.24) is 9.21 Å². The molecule has 1 amide bonds. The highest BCUT2D eigenvalue weighted by Crippen LogP contribution is 2.28. The zero-order valence-electron chi connectivity index (χ0n) is 13.7. The van der Waals surface area contributed by atoms with E-state index >= 15 is 0 Å². The van der Waals surface area contributed by atoms with Crippen molar-refractivity contribution >= 4 is 21.6 Å². The second-order valence-electron chi connectivity index (χ2n) is 5.68. The predicted molar refractivity (Wildman–Crippen MR) is 88.2 cm³/mol. The molecule has 1 aliphatic heterocycles. The Morgan fingerprint density at radius 3 is 2.52 bits per heavy atom. The van der Waals surface area contributed by atoms with Gasteiger partial charge in [0.05, 0.1) is 24.2 Å². The Bertz CT molecular complexity index is 667. The first-order chi connectivity index (χ1) is 10.8. The van der Waals surface area contributed by atoms with E-state index in [9.17, 15) is 13.2 Å². The quantitative estimate of drug-likeness (QED) is 0.834. The topological polar surface area (TPSA) is 79.0 Å². The lowest BCUT2D eigenvalue weighted by atomic mass is 10.3. The number of nitrogens with one attached hydrogen (secondary N) is 1. The summed E-state index contributed by atoms with van der Waals surface area (Å²) in [6.07, 6.45) is 2.21. The molecule has 0 bridgehead atoms. The molecule has 0 atom stereocenters. The van der Waals surface area contributed by atoms with E-state index in [0.717, 1.165) is 30.2 Å². The molecular formula is C15H23N3O4S. The zero-order chi connectivity index (χ0) is 17.0. The Labute approximate surface area is 137 Å². The van der Waals surface area contributed by atoms with E-state index in [1.54, 1.807) is 6.07 Å². The van der Waals surface area contributed by atoms with E-state index in [1.807, 2.05) is 0 Å². The minimum atomic E-state index is -3.57. The van der Waals surface area contributed by atoms with E-state index in [-0.39, 0.29) is 10.8 Å². The van der Waals surface area contributed by atoms with Crippen LogP contribution in [0.15, 0.2) is 23.1 Å². The molecule has 1 fully saturated rings. The van der Waals surface area contributed by atoms with Crippen LogP contribution in [0.1, 0.15) is 12.8 Å². The number of likely N-dealkylation sites (tertiary alicyclic amines) is 1. The fourth-order valence-corrected chi connectivity index (χ4v) is 3.42. The lowest BCUT2D eigenvalue weighted by Crippen LogP contribution is -2.31. The molecule has 1 N–H and O–H groups in total. The summed E-state index contributed by atoms with van der Waals surface area (Å²) in [5.41, 5.74) is 0.361. The molecule has 0 unspecified atom stereocenters. The van der Waals surface area contributed by atoms with Gasteiger partial charge in [0.1, 0.15) is 5.75 Å². The van der Waals surface area contributed by atoms with Gasteiger partial charge in [0, 0.05) is 14.1 Å². The molecule has 8 heteroatoms. The molecular weight excluding hydrogens is 318 g/mol. The first-order valence-corrected chi connectivity index (χ1v) is 8.91. The number of hydrogen-bond donors (Lipinski definition) is 1. The van der Waals surface area contributed by atoms with Gasteiger partial charge >= 0.3 is 0 Å². The van der Waals surface area contributed by atoms with Crippen LogP contribution < -0.4 is 10.1 Å². The Balaban J connectivity index is 2.20. The number of sulfonamides is 1. The first-order valence-electron chi connectivity index (χ1n) is 7.47. The van der Waals surface area contributed by atoms with E-state index in [1.165, 1.54) is 33.3 Å². The highest BCUT2D eigenvalue weighted by atomic mass is 32.2. The second kappa shape index (κ2) is 7.29. The van der Waals surface area contributed by atoms with Crippen molar-refractivity contribution in [3.8, 4) is 5.75 Å². The van der Waals surface area contributed by atoms with Crippen LogP contribution >= 0.6 is 0 Å². The fourth-order valence-electron chi connectivity index (χ4n) is 2.49. The summed E-state index contributed by atoms with van der Waals surface area (Å²) in [6, 6.07) is 4.43. The maximum atomic E-state index is 12.2. The minimum absolute atomic E-state index is 0.111. The minimum Gasteiger partial charge on any atom is -0.495 e. The average molecular weight is 341 g/mol. The van der Waals surface area contributed by atoms with Gasteiger partial charge in [-0.05, 0) is 44.1 Å². The van der Waals surface area contributed by atoms with Gasteiger partial charge in [0.15, 0.2) is 0 Å². The van der Waals surface area contributed by atoms with E-state index in [2.05, 4.69) is 10.2 Å². The van der Waals surface area contributed by atoms with Gasteiger partial charge in [0.2, 0.25) is 15.9 Å². The number of methoxy groups -OCH3 is 1. The maximum absolute atomic E-state index is 12.2. The van der Waals surface area contributed by atoms with E-state index in [4.69, 9.17) is 4.74 Å². The van der Waals surface area contributed by atoms with Gasteiger partial charge in [-0.1, -0.05) is 0 Å². The SMILES string of the molecule is COc1ccc(S(=O)(=O)N(C)C)cc1NC(=O)CN1CCCC1. The molecule has 0 saturated carbocycles. The number of rotatable bonds is 6. The standard InChI is InChI=1S/C15H23N3O4S/c1-17(2)23(20,21)12-6-7-14(22-3)13(10-12)16-15(19)11-18-8-4-5-9-18/h6-7,10H,4-5,8-9,11H2,1-3H3,(H,16,19). The Hall–Kier alpha value is -1.64. The number of carbonyl (C=O) groups excluding carboxylic acids is 1. The monoisotopic (exact) mass is 341 g/mol. The van der Waals surface area contributed by atoms with Crippen molar-refractivity contribution in [3.05, 3.63) is 18.2 Å². The third kappa shape index (κ3) is 4.21. The molecule has 128 valence electrons. The largest absolute Gasteiger partial charge is 0.495 e. The first kappa shape index (κ1) is 17.7. The molecule has 1 aromatic rings. The summed E-state index contributed by atoms with van der Waals surface area (Å²) >= 11 is 0. The molecule has 2 rings (SSSR count). The van der Waals surface area contributed by atoms with Crippen molar-refractivity contribution in [2.24, 2.45) is 0 Å². The maximum Gasteiger partial charge on any atom is 0.242 e. The number of amides is 1. The number of hydrogen-bond acceptors (Lipinski definition) is 5. The van der Waals surface area contributed by atoms with Gasteiger partial charge in [-0.3, -0.25) is 9.69 Å². The Morgan fingerprint density at radius 2 is 1.96 bits per heavy atom. The van der Waals surface area contributed by atoms with Crippen molar-refractivity contribution in [3.63, 3.8) is 0 Å². The zero-order valence-corrected chi connectivity index (χ0v) is 14.5. The van der Waals surface area contributed by atoms with Gasteiger partial charge < -0.3 is 10.1 Å². The smallest absolute Gasteiger partial charge is 0.242 e. The molecule has 0 radical (unpaired) electrons. The van der Waals surface area contributed by atoms with Crippen LogP contribution in [0, 0.1) is 0 Å².